The van der Waals surface area contributed by atoms with Crippen molar-refractivity contribution < 1.29 is 5.11 Å². The fraction of sp³-hybridized carbons (Fsp3) is 0.438. The normalized spacial score (nSPS) is 17.2. The van der Waals surface area contributed by atoms with E-state index in [2.05, 4.69) is 23.7 Å². The van der Waals surface area contributed by atoms with E-state index in [0.29, 0.717) is 12.5 Å². The number of hydrogen-bond donors (Lipinski definition) is 1. The Hall–Kier alpha value is -1.30. The summed E-state index contributed by atoms with van der Waals surface area (Å²) < 4.78 is 0. The van der Waals surface area contributed by atoms with Gasteiger partial charge in [-0.05, 0) is 56.5 Å². The molecule has 1 heterocycles. The highest BCUT2D eigenvalue weighted by Crippen LogP contribution is 2.15. The standard InChI is InChI=1S/C16H20NO/c1-14-4-6-15(7-5-14)3-2-10-17-11-8-16(13-18)9-12-17/h4-7,16,18H,1,8-13H2. The molecule has 18 heavy (non-hydrogen) atoms. The Bertz CT molecular complexity index is 419. The first-order chi connectivity index (χ1) is 8.78. The third kappa shape index (κ3) is 3.87. The lowest BCUT2D eigenvalue weighted by Gasteiger charge is -2.29. The monoisotopic (exact) mass is 242 g/mol. The van der Waals surface area contributed by atoms with E-state index in [0.717, 1.165) is 43.6 Å². The van der Waals surface area contributed by atoms with Crippen molar-refractivity contribution in [1.29, 1.82) is 0 Å². The van der Waals surface area contributed by atoms with Gasteiger partial charge in [0.25, 0.3) is 0 Å². The Balaban J connectivity index is 1.80. The molecule has 0 bridgehead atoms. The van der Waals surface area contributed by atoms with Crippen molar-refractivity contribution in [3.63, 3.8) is 0 Å². The maximum atomic E-state index is 9.07. The highest BCUT2D eigenvalue weighted by Gasteiger charge is 2.17. The van der Waals surface area contributed by atoms with Crippen molar-refractivity contribution in [2.45, 2.75) is 12.8 Å². The summed E-state index contributed by atoms with van der Waals surface area (Å²) in [6.07, 6.45) is 2.18. The molecule has 2 heteroatoms. The van der Waals surface area contributed by atoms with E-state index in [9.17, 15) is 0 Å². The van der Waals surface area contributed by atoms with Crippen LogP contribution in [0.15, 0.2) is 24.3 Å². The first-order valence-electron chi connectivity index (χ1n) is 6.52. The molecule has 0 amide bonds. The molecule has 0 spiro atoms. The number of hydrogen-bond acceptors (Lipinski definition) is 2. The van der Waals surface area contributed by atoms with Crippen molar-refractivity contribution in [3.8, 4) is 11.8 Å². The first kappa shape index (κ1) is 13.1. The van der Waals surface area contributed by atoms with Crippen LogP contribution in [0.5, 0.6) is 0 Å². The molecule has 1 fully saturated rings. The summed E-state index contributed by atoms with van der Waals surface area (Å²) in [7, 11) is 0. The third-order valence-electron chi connectivity index (χ3n) is 3.45. The number of rotatable bonds is 2. The van der Waals surface area contributed by atoms with Gasteiger partial charge in [-0.1, -0.05) is 24.0 Å². The van der Waals surface area contributed by atoms with Crippen LogP contribution in [-0.4, -0.2) is 36.2 Å². The largest absolute Gasteiger partial charge is 0.396 e. The molecule has 1 aliphatic rings. The van der Waals surface area contributed by atoms with Gasteiger partial charge in [0, 0.05) is 12.2 Å². The minimum atomic E-state index is 0.330. The maximum Gasteiger partial charge on any atom is 0.0605 e. The van der Waals surface area contributed by atoms with Gasteiger partial charge >= 0.3 is 0 Å². The van der Waals surface area contributed by atoms with Gasteiger partial charge in [0.15, 0.2) is 0 Å². The number of piperidine rings is 1. The SMILES string of the molecule is [CH2]c1ccc(C#CCN2CCC(CO)CC2)cc1. The molecule has 0 saturated carbocycles. The van der Waals surface area contributed by atoms with Crippen molar-refractivity contribution in [3.05, 3.63) is 42.3 Å². The highest BCUT2D eigenvalue weighted by atomic mass is 16.3. The number of likely N-dealkylation sites (tertiary alicyclic amines) is 1. The van der Waals surface area contributed by atoms with Crippen LogP contribution in [0.4, 0.5) is 0 Å². The first-order valence-corrected chi connectivity index (χ1v) is 6.52. The molecular weight excluding hydrogens is 222 g/mol. The van der Waals surface area contributed by atoms with Gasteiger partial charge in [-0.25, -0.2) is 0 Å². The maximum absolute atomic E-state index is 9.07. The van der Waals surface area contributed by atoms with Gasteiger partial charge < -0.3 is 5.11 Å². The van der Waals surface area contributed by atoms with Gasteiger partial charge in [-0.2, -0.15) is 0 Å². The van der Waals surface area contributed by atoms with E-state index in [1.165, 1.54) is 0 Å². The zero-order valence-corrected chi connectivity index (χ0v) is 10.7. The second kappa shape index (κ2) is 6.58. The second-order valence-electron chi connectivity index (χ2n) is 4.90. The van der Waals surface area contributed by atoms with Gasteiger partial charge in [0.2, 0.25) is 0 Å². The fourth-order valence-corrected chi connectivity index (χ4v) is 2.17. The predicted octanol–water partition coefficient (Wildman–Crippen LogP) is 1.92. The van der Waals surface area contributed by atoms with Gasteiger partial charge in [-0.3, -0.25) is 4.90 Å². The Morgan fingerprint density at radius 2 is 1.89 bits per heavy atom. The van der Waals surface area contributed by atoms with Crippen LogP contribution in [0.25, 0.3) is 0 Å². The average Bonchev–Trinajstić information content (AvgIpc) is 2.42. The van der Waals surface area contributed by atoms with Crippen LogP contribution < -0.4 is 0 Å². The van der Waals surface area contributed by atoms with E-state index in [1.54, 1.807) is 0 Å². The summed E-state index contributed by atoms with van der Waals surface area (Å²) in [4.78, 5) is 2.36. The number of aliphatic hydroxyl groups excluding tert-OH is 1. The summed E-state index contributed by atoms with van der Waals surface area (Å²) in [6, 6.07) is 7.98. The molecule has 1 N–H and O–H groups in total. The van der Waals surface area contributed by atoms with Crippen molar-refractivity contribution in [2.75, 3.05) is 26.2 Å². The van der Waals surface area contributed by atoms with Crippen LogP contribution in [0, 0.1) is 24.7 Å². The molecule has 95 valence electrons. The minimum Gasteiger partial charge on any atom is -0.396 e. The van der Waals surface area contributed by atoms with Crippen molar-refractivity contribution >= 4 is 0 Å². The molecule has 1 radical (unpaired) electrons. The average molecular weight is 242 g/mol. The quantitative estimate of drug-likeness (QED) is 0.801. The summed E-state index contributed by atoms with van der Waals surface area (Å²) in [6.45, 7) is 7.11. The van der Waals surface area contributed by atoms with Crippen LogP contribution >= 0.6 is 0 Å². The van der Waals surface area contributed by atoms with E-state index in [-0.39, 0.29) is 0 Å². The van der Waals surface area contributed by atoms with Crippen molar-refractivity contribution in [1.82, 2.24) is 4.90 Å². The second-order valence-corrected chi connectivity index (χ2v) is 4.90. The van der Waals surface area contributed by atoms with E-state index in [1.807, 2.05) is 24.3 Å². The number of benzene rings is 1. The molecular formula is C16H20NO. The fourth-order valence-electron chi connectivity index (χ4n) is 2.17. The summed E-state index contributed by atoms with van der Waals surface area (Å²) in [5, 5.41) is 9.07. The molecule has 1 aromatic rings. The molecule has 1 aliphatic heterocycles. The smallest absolute Gasteiger partial charge is 0.0605 e. The minimum absolute atomic E-state index is 0.330. The zero-order chi connectivity index (χ0) is 12.8. The molecule has 0 aromatic heterocycles. The topological polar surface area (TPSA) is 23.5 Å². The Labute approximate surface area is 110 Å². The van der Waals surface area contributed by atoms with E-state index in [4.69, 9.17) is 5.11 Å². The van der Waals surface area contributed by atoms with Gasteiger partial charge in [0.05, 0.1) is 6.54 Å². The lowest BCUT2D eigenvalue weighted by Crippen LogP contribution is -2.34. The van der Waals surface area contributed by atoms with Crippen LogP contribution in [0.2, 0.25) is 0 Å². The molecule has 2 nitrogen and oxygen atoms in total. The molecule has 0 unspecified atom stereocenters. The summed E-state index contributed by atoms with van der Waals surface area (Å²) >= 11 is 0. The Morgan fingerprint density at radius 1 is 1.22 bits per heavy atom. The Morgan fingerprint density at radius 3 is 2.50 bits per heavy atom. The van der Waals surface area contributed by atoms with Crippen LogP contribution in [0.3, 0.4) is 0 Å². The zero-order valence-electron chi connectivity index (χ0n) is 10.7. The van der Waals surface area contributed by atoms with Crippen molar-refractivity contribution in [2.24, 2.45) is 5.92 Å². The van der Waals surface area contributed by atoms with Gasteiger partial charge in [-0.15, -0.1) is 0 Å². The molecule has 0 atom stereocenters. The van der Waals surface area contributed by atoms with Gasteiger partial charge in [0.1, 0.15) is 0 Å². The molecule has 1 aromatic carbocycles. The lowest BCUT2D eigenvalue weighted by atomic mass is 9.98. The van der Waals surface area contributed by atoms with Crippen LogP contribution in [-0.2, 0) is 0 Å². The molecule has 2 rings (SSSR count). The lowest BCUT2D eigenvalue weighted by molar-refractivity contribution is 0.140. The molecule has 1 saturated heterocycles. The molecule has 0 aliphatic carbocycles. The summed E-state index contributed by atoms with van der Waals surface area (Å²) in [5.41, 5.74) is 2.07. The third-order valence-corrected chi connectivity index (χ3v) is 3.45. The van der Waals surface area contributed by atoms with Crippen LogP contribution in [0.1, 0.15) is 24.0 Å². The van der Waals surface area contributed by atoms with E-state index >= 15 is 0 Å². The Kier molecular flexibility index (Phi) is 4.81. The predicted molar refractivity (Wildman–Crippen MR) is 74.0 cm³/mol. The number of aliphatic hydroxyl groups is 1. The summed E-state index contributed by atoms with van der Waals surface area (Å²) in [5.74, 6) is 6.89. The number of nitrogens with zero attached hydrogens (tertiary/aromatic N) is 1. The van der Waals surface area contributed by atoms with E-state index < -0.39 is 0 Å². The highest BCUT2D eigenvalue weighted by molar-refractivity contribution is 5.36.